The van der Waals surface area contributed by atoms with Crippen LogP contribution in [0.4, 0.5) is 0 Å². The minimum Gasteiger partial charge on any atom is -0.463 e. The average Bonchev–Trinajstić information content (AvgIpc) is 3.08. The Kier molecular flexibility index (Phi) is 6.83. The van der Waals surface area contributed by atoms with Crippen LogP contribution in [0.3, 0.4) is 0 Å². The zero-order chi connectivity index (χ0) is 22.8. The number of hydrogen-bond acceptors (Lipinski definition) is 6. The van der Waals surface area contributed by atoms with Gasteiger partial charge in [0.25, 0.3) is 5.56 Å². The molecule has 1 aliphatic rings. The summed E-state index contributed by atoms with van der Waals surface area (Å²) in [5.41, 5.74) is 2.54. The number of ether oxygens (including phenoxy) is 1. The molecular weight excluding hydrogens is 508 g/mol. The molecular formula is C24H21BrN2O3S2. The topological polar surface area (TPSA) is 60.7 Å². The number of fused-ring (bicyclic) bond motifs is 1. The number of carbonyl (C=O) groups excluding carboxylic acids is 1. The van der Waals surface area contributed by atoms with Gasteiger partial charge in [-0.1, -0.05) is 51.5 Å². The largest absolute Gasteiger partial charge is 0.463 e. The average molecular weight is 529 g/mol. The number of nitrogens with zero attached hydrogens (tertiary/aromatic N) is 2. The standard InChI is InChI=1S/C24H21BrN2O3S2/c1-4-30-23(29)20-14(2)26-24-27(21(20)16-7-9-17(25)10-8-16)22(28)19(32-24)13-15-5-11-18(31-3)12-6-15/h5-13,21H,4H2,1-3H3/b19-13+/t21-/m1/s1. The number of hydrogen-bond donors (Lipinski definition) is 0. The van der Waals surface area contributed by atoms with Crippen molar-refractivity contribution < 1.29 is 9.53 Å². The lowest BCUT2D eigenvalue weighted by Gasteiger charge is -2.24. The van der Waals surface area contributed by atoms with Gasteiger partial charge in [-0.25, -0.2) is 9.79 Å². The molecule has 32 heavy (non-hydrogen) atoms. The molecule has 1 aromatic heterocycles. The first-order chi connectivity index (χ1) is 15.4. The highest BCUT2D eigenvalue weighted by atomic mass is 79.9. The Labute approximate surface area is 202 Å². The second-order valence-electron chi connectivity index (χ2n) is 7.13. The van der Waals surface area contributed by atoms with Gasteiger partial charge in [-0.3, -0.25) is 9.36 Å². The summed E-state index contributed by atoms with van der Waals surface area (Å²) in [7, 11) is 0. The summed E-state index contributed by atoms with van der Waals surface area (Å²) in [4.78, 5) is 32.7. The summed E-state index contributed by atoms with van der Waals surface area (Å²) >= 11 is 6.45. The maximum Gasteiger partial charge on any atom is 0.338 e. The van der Waals surface area contributed by atoms with E-state index in [-0.39, 0.29) is 12.2 Å². The monoisotopic (exact) mass is 528 g/mol. The molecule has 0 bridgehead atoms. The van der Waals surface area contributed by atoms with Crippen molar-refractivity contribution in [3.05, 3.63) is 95.1 Å². The molecule has 1 atom stereocenters. The molecule has 0 amide bonds. The van der Waals surface area contributed by atoms with Crippen molar-refractivity contribution in [2.24, 2.45) is 4.99 Å². The molecule has 2 heterocycles. The van der Waals surface area contributed by atoms with E-state index in [0.29, 0.717) is 20.6 Å². The molecule has 2 aromatic carbocycles. The summed E-state index contributed by atoms with van der Waals surface area (Å²) in [6.45, 7) is 3.80. The van der Waals surface area contributed by atoms with Gasteiger partial charge in [-0.2, -0.15) is 0 Å². The van der Waals surface area contributed by atoms with Crippen LogP contribution in [-0.4, -0.2) is 23.4 Å². The zero-order valence-electron chi connectivity index (χ0n) is 17.8. The van der Waals surface area contributed by atoms with Crippen LogP contribution >= 0.6 is 39.0 Å². The number of aromatic nitrogens is 1. The summed E-state index contributed by atoms with van der Waals surface area (Å²) in [5, 5.41) is 0. The maximum atomic E-state index is 13.5. The van der Waals surface area contributed by atoms with E-state index in [0.717, 1.165) is 20.5 Å². The first kappa shape index (κ1) is 22.8. The number of thioether (sulfide) groups is 1. The number of thiazole rings is 1. The van der Waals surface area contributed by atoms with Crippen LogP contribution < -0.4 is 14.9 Å². The third-order valence-corrected chi connectivity index (χ3v) is 7.37. The van der Waals surface area contributed by atoms with E-state index >= 15 is 0 Å². The molecule has 1 aliphatic heterocycles. The van der Waals surface area contributed by atoms with E-state index in [4.69, 9.17) is 4.74 Å². The van der Waals surface area contributed by atoms with Gasteiger partial charge < -0.3 is 4.74 Å². The molecule has 8 heteroatoms. The minimum atomic E-state index is -0.598. The van der Waals surface area contributed by atoms with E-state index in [1.54, 1.807) is 30.2 Å². The maximum absolute atomic E-state index is 13.5. The highest BCUT2D eigenvalue weighted by molar-refractivity contribution is 9.10. The first-order valence-electron chi connectivity index (χ1n) is 10.0. The Balaban J connectivity index is 1.92. The quantitative estimate of drug-likeness (QED) is 0.366. The predicted molar refractivity (Wildman–Crippen MR) is 133 cm³/mol. The Hall–Kier alpha value is -2.42. The van der Waals surface area contributed by atoms with Crippen molar-refractivity contribution in [1.82, 2.24) is 4.57 Å². The fraction of sp³-hybridized carbons (Fsp3) is 0.208. The van der Waals surface area contributed by atoms with Crippen molar-refractivity contribution in [2.75, 3.05) is 12.9 Å². The van der Waals surface area contributed by atoms with Gasteiger partial charge in [0.2, 0.25) is 0 Å². The second-order valence-corrected chi connectivity index (χ2v) is 9.93. The van der Waals surface area contributed by atoms with Gasteiger partial charge in [0.05, 0.1) is 28.5 Å². The number of allylic oxidation sites excluding steroid dienone is 1. The van der Waals surface area contributed by atoms with Crippen LogP contribution in [0.2, 0.25) is 0 Å². The fourth-order valence-corrected chi connectivity index (χ4v) is 5.32. The summed E-state index contributed by atoms with van der Waals surface area (Å²) < 4.78 is 8.41. The molecule has 0 spiro atoms. The highest BCUT2D eigenvalue weighted by Crippen LogP contribution is 2.31. The molecule has 0 aliphatic carbocycles. The molecule has 164 valence electrons. The third-order valence-electron chi connectivity index (χ3n) is 5.12. The Bertz CT molecular complexity index is 1370. The van der Waals surface area contributed by atoms with E-state index in [9.17, 15) is 9.59 Å². The number of benzene rings is 2. The molecule has 5 nitrogen and oxygen atoms in total. The van der Waals surface area contributed by atoms with Crippen LogP contribution in [-0.2, 0) is 9.53 Å². The van der Waals surface area contributed by atoms with Crippen molar-refractivity contribution in [1.29, 1.82) is 0 Å². The minimum absolute atomic E-state index is 0.176. The fourth-order valence-electron chi connectivity index (χ4n) is 3.60. The van der Waals surface area contributed by atoms with Crippen molar-refractivity contribution in [3.63, 3.8) is 0 Å². The lowest BCUT2D eigenvalue weighted by Crippen LogP contribution is -2.39. The van der Waals surface area contributed by atoms with Crippen molar-refractivity contribution >= 4 is 51.1 Å². The van der Waals surface area contributed by atoms with Gasteiger partial charge >= 0.3 is 5.97 Å². The van der Waals surface area contributed by atoms with E-state index in [1.165, 1.54) is 11.3 Å². The lowest BCUT2D eigenvalue weighted by molar-refractivity contribution is -0.139. The molecule has 0 radical (unpaired) electrons. The molecule has 4 rings (SSSR count). The van der Waals surface area contributed by atoms with Crippen LogP contribution in [0.25, 0.3) is 6.08 Å². The van der Waals surface area contributed by atoms with Gasteiger partial charge in [0, 0.05) is 9.37 Å². The predicted octanol–water partition coefficient (Wildman–Crippen LogP) is 4.28. The number of rotatable bonds is 5. The molecule has 0 saturated heterocycles. The van der Waals surface area contributed by atoms with E-state index < -0.39 is 12.0 Å². The SMILES string of the molecule is CCOC(=O)C1=C(C)N=c2s/c(=C/c3ccc(SC)cc3)c(=O)n2[C@@H]1c1ccc(Br)cc1. The van der Waals surface area contributed by atoms with Crippen LogP contribution in [0.15, 0.2) is 79.0 Å². The van der Waals surface area contributed by atoms with Crippen LogP contribution in [0.5, 0.6) is 0 Å². The summed E-state index contributed by atoms with van der Waals surface area (Å²) in [5.74, 6) is -0.455. The number of esters is 1. The summed E-state index contributed by atoms with van der Waals surface area (Å²) in [6, 6.07) is 15.1. The molecule has 0 unspecified atom stereocenters. The lowest BCUT2D eigenvalue weighted by atomic mass is 9.96. The molecule has 0 saturated carbocycles. The van der Waals surface area contributed by atoms with Gasteiger partial charge in [-0.05, 0) is 61.6 Å². The molecule has 3 aromatic rings. The van der Waals surface area contributed by atoms with Gasteiger partial charge in [0.1, 0.15) is 0 Å². The highest BCUT2D eigenvalue weighted by Gasteiger charge is 2.33. The van der Waals surface area contributed by atoms with Crippen LogP contribution in [0.1, 0.15) is 31.0 Å². The Morgan fingerprint density at radius 2 is 1.91 bits per heavy atom. The Morgan fingerprint density at radius 3 is 2.53 bits per heavy atom. The second kappa shape index (κ2) is 9.60. The van der Waals surface area contributed by atoms with Gasteiger partial charge in [-0.15, -0.1) is 11.8 Å². The first-order valence-corrected chi connectivity index (χ1v) is 12.9. The smallest absolute Gasteiger partial charge is 0.338 e. The number of halogens is 1. The van der Waals surface area contributed by atoms with Crippen molar-refractivity contribution in [3.8, 4) is 0 Å². The third kappa shape index (κ3) is 4.40. The van der Waals surface area contributed by atoms with E-state index in [2.05, 4.69) is 20.9 Å². The van der Waals surface area contributed by atoms with E-state index in [1.807, 2.05) is 60.9 Å². The number of carbonyl (C=O) groups is 1. The van der Waals surface area contributed by atoms with Gasteiger partial charge in [0.15, 0.2) is 4.80 Å². The Morgan fingerprint density at radius 1 is 1.22 bits per heavy atom. The zero-order valence-corrected chi connectivity index (χ0v) is 21.0. The molecule has 0 fully saturated rings. The normalized spacial score (nSPS) is 16.0. The van der Waals surface area contributed by atoms with Crippen molar-refractivity contribution in [2.45, 2.75) is 24.8 Å². The summed E-state index contributed by atoms with van der Waals surface area (Å²) in [6.07, 6.45) is 3.90. The molecule has 0 N–H and O–H groups in total. The van der Waals surface area contributed by atoms with Crippen LogP contribution in [0, 0.1) is 0 Å².